The summed E-state index contributed by atoms with van der Waals surface area (Å²) in [5, 5.41) is 9.97. The van der Waals surface area contributed by atoms with Crippen molar-refractivity contribution in [2.45, 2.75) is 32.3 Å². The molecule has 76 valence electrons. The molecular weight excluding hydrogens is 168 g/mol. The second-order valence-electron chi connectivity index (χ2n) is 3.03. The van der Waals surface area contributed by atoms with Crippen molar-refractivity contribution in [3.63, 3.8) is 0 Å². The minimum atomic E-state index is -1.14. The number of hydrogen-bond acceptors (Lipinski definition) is 3. The van der Waals surface area contributed by atoms with Gasteiger partial charge in [0.1, 0.15) is 0 Å². The molecule has 0 aliphatic rings. The number of hydrogen-bond donors (Lipinski definition) is 1. The summed E-state index contributed by atoms with van der Waals surface area (Å²) in [5.74, 6) is -0.897. The largest absolute Gasteiger partial charge is 0.469 e. The zero-order valence-electron chi connectivity index (χ0n) is 8.54. The van der Waals surface area contributed by atoms with Crippen LogP contribution in [0.4, 0.5) is 0 Å². The molecule has 0 bridgehead atoms. The van der Waals surface area contributed by atoms with Crippen molar-refractivity contribution in [2.75, 3.05) is 7.11 Å². The molecule has 1 N–H and O–H groups in total. The van der Waals surface area contributed by atoms with Crippen molar-refractivity contribution >= 4 is 5.97 Å². The first-order valence-electron chi connectivity index (χ1n) is 4.49. The molecule has 0 fully saturated rings. The van der Waals surface area contributed by atoms with Crippen LogP contribution in [0.25, 0.3) is 0 Å². The Morgan fingerprint density at radius 2 is 2.23 bits per heavy atom. The summed E-state index contributed by atoms with van der Waals surface area (Å²) in [5.41, 5.74) is -1.14. The summed E-state index contributed by atoms with van der Waals surface area (Å²) in [4.78, 5) is 11.3. The van der Waals surface area contributed by atoms with Gasteiger partial charge < -0.3 is 9.84 Å². The van der Waals surface area contributed by atoms with Crippen molar-refractivity contribution in [1.82, 2.24) is 0 Å². The zero-order chi connectivity index (χ0) is 10.5. The van der Waals surface area contributed by atoms with E-state index in [0.29, 0.717) is 12.8 Å². The second kappa shape index (κ2) is 5.02. The number of carbonyl (C=O) groups excluding carboxylic acids is 1. The molecule has 0 aliphatic carbocycles. The minimum absolute atomic E-state index is 0.383. The van der Waals surface area contributed by atoms with Gasteiger partial charge in [0.05, 0.1) is 18.6 Å². The maximum atomic E-state index is 11.3. The van der Waals surface area contributed by atoms with Gasteiger partial charge in [0, 0.05) is 0 Å². The first kappa shape index (κ1) is 12.2. The van der Waals surface area contributed by atoms with Crippen LogP contribution in [-0.4, -0.2) is 23.8 Å². The maximum absolute atomic E-state index is 11.3. The van der Waals surface area contributed by atoms with Gasteiger partial charge in [-0.15, -0.1) is 6.58 Å². The van der Waals surface area contributed by atoms with E-state index < -0.39 is 11.5 Å². The Morgan fingerprint density at radius 3 is 2.46 bits per heavy atom. The number of esters is 1. The topological polar surface area (TPSA) is 46.5 Å². The van der Waals surface area contributed by atoms with Crippen LogP contribution in [0.3, 0.4) is 0 Å². The van der Waals surface area contributed by atoms with Gasteiger partial charge in [0.25, 0.3) is 0 Å². The van der Waals surface area contributed by atoms with Gasteiger partial charge in [-0.05, 0) is 12.8 Å². The average molecular weight is 186 g/mol. The molecule has 0 aromatic carbocycles. The predicted molar refractivity (Wildman–Crippen MR) is 51.2 cm³/mol. The summed E-state index contributed by atoms with van der Waals surface area (Å²) in [6.45, 7) is 7.18. The van der Waals surface area contributed by atoms with Crippen molar-refractivity contribution in [1.29, 1.82) is 0 Å². The van der Waals surface area contributed by atoms with E-state index in [1.165, 1.54) is 13.2 Å². The summed E-state index contributed by atoms with van der Waals surface area (Å²) in [6.07, 6.45) is 2.42. The summed E-state index contributed by atoms with van der Waals surface area (Å²) in [6, 6.07) is 0. The van der Waals surface area contributed by atoms with Gasteiger partial charge in [0.15, 0.2) is 0 Å². The van der Waals surface area contributed by atoms with E-state index in [4.69, 9.17) is 0 Å². The van der Waals surface area contributed by atoms with Gasteiger partial charge in [-0.1, -0.05) is 19.9 Å². The molecule has 2 atom stereocenters. The molecule has 0 aromatic heterocycles. The number of ether oxygens (including phenoxy) is 1. The van der Waals surface area contributed by atoms with E-state index in [0.717, 1.165) is 0 Å². The van der Waals surface area contributed by atoms with E-state index in [1.54, 1.807) is 0 Å². The monoisotopic (exact) mass is 186 g/mol. The molecule has 0 saturated heterocycles. The number of aliphatic hydroxyl groups is 1. The lowest BCUT2D eigenvalue weighted by Gasteiger charge is -2.29. The smallest absolute Gasteiger partial charge is 0.311 e. The fourth-order valence-corrected chi connectivity index (χ4v) is 1.40. The van der Waals surface area contributed by atoms with Crippen molar-refractivity contribution in [2.24, 2.45) is 5.92 Å². The zero-order valence-corrected chi connectivity index (χ0v) is 8.54. The van der Waals surface area contributed by atoms with E-state index >= 15 is 0 Å². The summed E-state index contributed by atoms with van der Waals surface area (Å²) < 4.78 is 4.61. The van der Waals surface area contributed by atoms with Crippen LogP contribution in [0.1, 0.15) is 26.7 Å². The Morgan fingerprint density at radius 1 is 1.69 bits per heavy atom. The third-order valence-corrected chi connectivity index (χ3v) is 2.42. The minimum Gasteiger partial charge on any atom is -0.469 e. The van der Waals surface area contributed by atoms with E-state index in [1.807, 2.05) is 13.8 Å². The highest BCUT2D eigenvalue weighted by molar-refractivity contribution is 5.74. The lowest BCUT2D eigenvalue weighted by molar-refractivity contribution is -0.153. The molecule has 0 saturated carbocycles. The number of carbonyl (C=O) groups is 1. The van der Waals surface area contributed by atoms with Crippen molar-refractivity contribution in [3.8, 4) is 0 Å². The third-order valence-electron chi connectivity index (χ3n) is 2.42. The highest BCUT2D eigenvalue weighted by Gasteiger charge is 2.36. The molecule has 0 rings (SSSR count). The maximum Gasteiger partial charge on any atom is 0.311 e. The SMILES string of the molecule is C=CC(O)(CC)C(CC)C(=O)OC. The molecule has 3 nitrogen and oxygen atoms in total. The third kappa shape index (κ3) is 2.56. The van der Waals surface area contributed by atoms with Crippen LogP contribution in [0, 0.1) is 5.92 Å². The van der Waals surface area contributed by atoms with Crippen molar-refractivity contribution < 1.29 is 14.6 Å². The van der Waals surface area contributed by atoms with Crippen LogP contribution in [0.15, 0.2) is 12.7 Å². The fourth-order valence-electron chi connectivity index (χ4n) is 1.40. The number of methoxy groups -OCH3 is 1. The van der Waals surface area contributed by atoms with Gasteiger partial charge in [-0.3, -0.25) is 4.79 Å². The Balaban J connectivity index is 4.72. The lowest BCUT2D eigenvalue weighted by Crippen LogP contribution is -2.40. The van der Waals surface area contributed by atoms with E-state index in [2.05, 4.69) is 11.3 Å². The Bertz CT molecular complexity index is 189. The fraction of sp³-hybridized carbons (Fsp3) is 0.700. The Labute approximate surface area is 79.4 Å². The van der Waals surface area contributed by atoms with Crippen LogP contribution in [0.5, 0.6) is 0 Å². The molecule has 3 heteroatoms. The van der Waals surface area contributed by atoms with Crippen LogP contribution >= 0.6 is 0 Å². The summed E-state index contributed by atoms with van der Waals surface area (Å²) >= 11 is 0. The quantitative estimate of drug-likeness (QED) is 0.523. The normalized spacial score (nSPS) is 17.2. The second-order valence-corrected chi connectivity index (χ2v) is 3.03. The Kier molecular flexibility index (Phi) is 4.70. The molecule has 2 unspecified atom stereocenters. The molecule has 0 heterocycles. The van der Waals surface area contributed by atoms with Gasteiger partial charge in [-0.25, -0.2) is 0 Å². The molecule has 0 radical (unpaired) electrons. The molecule has 0 aliphatic heterocycles. The van der Waals surface area contributed by atoms with Crippen molar-refractivity contribution in [3.05, 3.63) is 12.7 Å². The standard InChI is InChI=1S/C10H18O3/c1-5-8(9(11)13-4)10(12,6-2)7-3/h6,8,12H,2,5,7H2,1,3-4H3. The molecule has 0 spiro atoms. The highest BCUT2D eigenvalue weighted by atomic mass is 16.5. The molecule has 0 aromatic rings. The van der Waals surface area contributed by atoms with Gasteiger partial charge in [0.2, 0.25) is 0 Å². The predicted octanol–water partition coefficient (Wildman–Crippen LogP) is 1.51. The lowest BCUT2D eigenvalue weighted by atomic mass is 9.83. The number of rotatable bonds is 5. The van der Waals surface area contributed by atoms with E-state index in [9.17, 15) is 9.90 Å². The van der Waals surface area contributed by atoms with Crippen LogP contribution < -0.4 is 0 Å². The van der Waals surface area contributed by atoms with Crippen LogP contribution in [-0.2, 0) is 9.53 Å². The Hall–Kier alpha value is -0.830. The summed E-state index contributed by atoms with van der Waals surface area (Å²) in [7, 11) is 1.32. The van der Waals surface area contributed by atoms with Crippen LogP contribution in [0.2, 0.25) is 0 Å². The van der Waals surface area contributed by atoms with Gasteiger partial charge in [-0.2, -0.15) is 0 Å². The highest BCUT2D eigenvalue weighted by Crippen LogP contribution is 2.26. The average Bonchev–Trinajstić information content (AvgIpc) is 2.18. The first-order chi connectivity index (χ1) is 6.05. The molecular formula is C10H18O3. The first-order valence-corrected chi connectivity index (χ1v) is 4.49. The van der Waals surface area contributed by atoms with Gasteiger partial charge >= 0.3 is 5.97 Å². The van der Waals surface area contributed by atoms with E-state index in [-0.39, 0.29) is 5.97 Å². The molecule has 0 amide bonds. The molecule has 13 heavy (non-hydrogen) atoms.